The van der Waals surface area contributed by atoms with Gasteiger partial charge in [-0.1, -0.05) is 19.1 Å². The number of nitriles is 1. The van der Waals surface area contributed by atoms with E-state index < -0.39 is 11.9 Å². The van der Waals surface area contributed by atoms with Crippen molar-refractivity contribution in [2.75, 3.05) is 26.1 Å². The number of benzene rings is 2. The second-order valence-corrected chi connectivity index (χ2v) is 7.24. The first-order valence-electron chi connectivity index (χ1n) is 9.01. The van der Waals surface area contributed by atoms with Gasteiger partial charge in [0.2, 0.25) is 0 Å². The van der Waals surface area contributed by atoms with Crippen LogP contribution in [0.2, 0.25) is 0 Å². The second-order valence-electron chi connectivity index (χ2n) is 6.07. The molecule has 2 rings (SSSR count). The highest BCUT2D eigenvalue weighted by atomic mass is 127. The quantitative estimate of drug-likeness (QED) is 0.245. The number of nitrogens with one attached hydrogen (secondary N) is 1. The fraction of sp³-hybridized carbons (Fsp3) is 0.227. The Balaban J connectivity index is 2.25. The van der Waals surface area contributed by atoms with E-state index in [1.54, 1.807) is 24.3 Å². The van der Waals surface area contributed by atoms with E-state index in [9.17, 15) is 14.9 Å². The highest BCUT2D eigenvalue weighted by molar-refractivity contribution is 14.1. The fourth-order valence-electron chi connectivity index (χ4n) is 2.49. The van der Waals surface area contributed by atoms with Crippen molar-refractivity contribution in [3.05, 3.63) is 56.7 Å². The zero-order valence-electron chi connectivity index (χ0n) is 16.8. The maximum atomic E-state index is 12.5. The first-order chi connectivity index (χ1) is 14.4. The van der Waals surface area contributed by atoms with Crippen molar-refractivity contribution in [3.63, 3.8) is 0 Å². The molecule has 0 aliphatic rings. The SMILES string of the molecule is CCc1ccc(NC(=O)/C(C#N)=C/c2cc(I)c(OCC(=O)OC)c(OC)c2)cc1. The predicted octanol–water partition coefficient (Wildman–Crippen LogP) is 3.96. The summed E-state index contributed by atoms with van der Waals surface area (Å²) in [6.45, 7) is 1.78. The summed E-state index contributed by atoms with van der Waals surface area (Å²) in [6, 6.07) is 12.7. The molecule has 30 heavy (non-hydrogen) atoms. The number of methoxy groups -OCH3 is 2. The highest BCUT2D eigenvalue weighted by Crippen LogP contribution is 2.34. The molecule has 0 heterocycles. The topological polar surface area (TPSA) is 97.7 Å². The number of ether oxygens (including phenoxy) is 3. The van der Waals surface area contributed by atoms with Crippen molar-refractivity contribution in [2.24, 2.45) is 0 Å². The van der Waals surface area contributed by atoms with E-state index in [1.807, 2.05) is 47.7 Å². The molecule has 2 aromatic carbocycles. The zero-order valence-corrected chi connectivity index (χ0v) is 19.0. The molecule has 0 fully saturated rings. The van der Waals surface area contributed by atoms with Crippen molar-refractivity contribution in [3.8, 4) is 17.6 Å². The lowest BCUT2D eigenvalue weighted by Crippen LogP contribution is -2.14. The van der Waals surface area contributed by atoms with Crippen molar-refractivity contribution in [1.29, 1.82) is 5.26 Å². The van der Waals surface area contributed by atoms with Crippen LogP contribution in [0.1, 0.15) is 18.1 Å². The number of rotatable bonds is 8. The number of esters is 1. The lowest BCUT2D eigenvalue weighted by atomic mass is 10.1. The normalized spacial score (nSPS) is 10.7. The lowest BCUT2D eigenvalue weighted by molar-refractivity contribution is -0.142. The van der Waals surface area contributed by atoms with E-state index in [0.29, 0.717) is 26.3 Å². The Morgan fingerprint density at radius 3 is 2.47 bits per heavy atom. The number of hydrogen-bond acceptors (Lipinski definition) is 6. The van der Waals surface area contributed by atoms with Crippen LogP contribution in [0.3, 0.4) is 0 Å². The third kappa shape index (κ3) is 6.22. The summed E-state index contributed by atoms with van der Waals surface area (Å²) in [5.74, 6) is -0.293. The van der Waals surface area contributed by atoms with Gasteiger partial charge in [-0.2, -0.15) is 5.26 Å². The molecule has 0 aromatic heterocycles. The van der Waals surface area contributed by atoms with Crippen LogP contribution in [-0.2, 0) is 20.7 Å². The van der Waals surface area contributed by atoms with Crippen LogP contribution in [0, 0.1) is 14.9 Å². The summed E-state index contributed by atoms with van der Waals surface area (Å²) in [5.41, 5.74) is 2.28. The molecular weight excluding hydrogens is 499 g/mol. The Bertz CT molecular complexity index is 994. The van der Waals surface area contributed by atoms with Gasteiger partial charge in [0.25, 0.3) is 5.91 Å². The second kappa shape index (κ2) is 11.2. The molecule has 0 radical (unpaired) electrons. The number of halogens is 1. The molecule has 1 amide bonds. The minimum absolute atomic E-state index is 0.0596. The van der Waals surface area contributed by atoms with Crippen LogP contribution in [0.15, 0.2) is 42.0 Å². The molecule has 0 bridgehead atoms. The number of amides is 1. The Morgan fingerprint density at radius 2 is 1.90 bits per heavy atom. The van der Waals surface area contributed by atoms with Crippen molar-refractivity contribution in [1.82, 2.24) is 0 Å². The first-order valence-corrected chi connectivity index (χ1v) is 10.1. The standard InChI is InChI=1S/C22H21IN2O5/c1-4-14-5-7-17(8-6-14)25-22(27)16(12-24)9-15-10-18(23)21(19(11-15)28-2)30-13-20(26)29-3/h5-11H,4,13H2,1-3H3,(H,25,27)/b16-9+. The minimum Gasteiger partial charge on any atom is -0.493 e. The van der Waals surface area contributed by atoms with Crippen LogP contribution in [0.5, 0.6) is 11.5 Å². The molecule has 0 aliphatic heterocycles. The van der Waals surface area contributed by atoms with Gasteiger partial charge in [0.1, 0.15) is 11.6 Å². The van der Waals surface area contributed by atoms with Gasteiger partial charge in [-0.3, -0.25) is 4.79 Å². The van der Waals surface area contributed by atoms with Crippen molar-refractivity contribution < 1.29 is 23.8 Å². The van der Waals surface area contributed by atoms with Crippen LogP contribution >= 0.6 is 22.6 Å². The summed E-state index contributed by atoms with van der Waals surface area (Å²) >= 11 is 2.03. The van der Waals surface area contributed by atoms with Gasteiger partial charge < -0.3 is 19.5 Å². The van der Waals surface area contributed by atoms with Gasteiger partial charge in [0.05, 0.1) is 17.8 Å². The Hall–Kier alpha value is -3.06. The maximum absolute atomic E-state index is 12.5. The molecule has 0 aliphatic carbocycles. The molecular formula is C22H21IN2O5. The third-order valence-corrected chi connectivity index (χ3v) is 4.91. The van der Waals surface area contributed by atoms with E-state index >= 15 is 0 Å². The van der Waals surface area contributed by atoms with Crippen LogP contribution < -0.4 is 14.8 Å². The lowest BCUT2D eigenvalue weighted by Gasteiger charge is -2.13. The summed E-state index contributed by atoms with van der Waals surface area (Å²) in [7, 11) is 2.73. The average molecular weight is 520 g/mol. The zero-order chi connectivity index (χ0) is 22.1. The smallest absolute Gasteiger partial charge is 0.343 e. The summed E-state index contributed by atoms with van der Waals surface area (Å²) < 4.78 is 16.0. The number of hydrogen-bond donors (Lipinski definition) is 1. The van der Waals surface area contributed by atoms with Gasteiger partial charge in [-0.05, 0) is 70.5 Å². The number of anilines is 1. The van der Waals surface area contributed by atoms with E-state index in [1.165, 1.54) is 20.3 Å². The van der Waals surface area contributed by atoms with Gasteiger partial charge in [-0.15, -0.1) is 0 Å². The van der Waals surface area contributed by atoms with E-state index in [4.69, 9.17) is 9.47 Å². The Morgan fingerprint density at radius 1 is 1.20 bits per heavy atom. The summed E-state index contributed by atoms with van der Waals surface area (Å²) in [6.07, 6.45) is 2.36. The Labute approximate surface area is 188 Å². The fourth-order valence-corrected chi connectivity index (χ4v) is 3.27. The van der Waals surface area contributed by atoms with Crippen LogP contribution in [-0.4, -0.2) is 32.7 Å². The molecule has 0 saturated heterocycles. The predicted molar refractivity (Wildman–Crippen MR) is 121 cm³/mol. The van der Waals surface area contributed by atoms with Gasteiger partial charge in [0.15, 0.2) is 18.1 Å². The monoisotopic (exact) mass is 520 g/mol. The number of nitrogens with zero attached hydrogens (tertiary/aromatic N) is 1. The van der Waals surface area contributed by atoms with Crippen molar-refractivity contribution >= 4 is 46.2 Å². The minimum atomic E-state index is -0.521. The maximum Gasteiger partial charge on any atom is 0.343 e. The molecule has 7 nitrogen and oxygen atoms in total. The third-order valence-electron chi connectivity index (χ3n) is 4.11. The number of carbonyl (C=O) groups is 2. The van der Waals surface area contributed by atoms with E-state index in [-0.39, 0.29) is 12.2 Å². The van der Waals surface area contributed by atoms with Gasteiger partial charge in [-0.25, -0.2) is 4.79 Å². The number of aryl methyl sites for hydroxylation is 1. The highest BCUT2D eigenvalue weighted by Gasteiger charge is 2.15. The summed E-state index contributed by atoms with van der Waals surface area (Å²) in [5, 5.41) is 12.2. The summed E-state index contributed by atoms with van der Waals surface area (Å²) in [4.78, 5) is 23.8. The van der Waals surface area contributed by atoms with E-state index in [2.05, 4.69) is 10.1 Å². The molecule has 8 heteroatoms. The average Bonchev–Trinajstić information content (AvgIpc) is 2.76. The van der Waals surface area contributed by atoms with Gasteiger partial charge in [0, 0.05) is 5.69 Å². The molecule has 2 aromatic rings. The van der Waals surface area contributed by atoms with E-state index in [0.717, 1.165) is 12.0 Å². The first kappa shape index (κ1) is 23.2. The molecule has 0 spiro atoms. The van der Waals surface area contributed by atoms with Crippen LogP contribution in [0.4, 0.5) is 5.69 Å². The number of carbonyl (C=O) groups excluding carboxylic acids is 2. The van der Waals surface area contributed by atoms with Crippen molar-refractivity contribution in [2.45, 2.75) is 13.3 Å². The molecule has 1 N–H and O–H groups in total. The molecule has 0 saturated carbocycles. The largest absolute Gasteiger partial charge is 0.493 e. The molecule has 156 valence electrons. The Kier molecular flexibility index (Phi) is 8.68. The van der Waals surface area contributed by atoms with Crippen LogP contribution in [0.25, 0.3) is 6.08 Å². The van der Waals surface area contributed by atoms with Gasteiger partial charge >= 0.3 is 5.97 Å². The molecule has 0 atom stereocenters. The molecule has 0 unspecified atom stereocenters.